The van der Waals surface area contributed by atoms with Crippen molar-refractivity contribution < 1.29 is 9.18 Å². The number of fused-ring (bicyclic) bond motifs is 1. The fourth-order valence-electron chi connectivity index (χ4n) is 3.07. The molecular formula is C19H16ClFN2O. The minimum atomic E-state index is -0.571. The monoisotopic (exact) mass is 342 g/mol. The zero-order valence-electron chi connectivity index (χ0n) is 12.9. The second-order valence-corrected chi connectivity index (χ2v) is 6.52. The summed E-state index contributed by atoms with van der Waals surface area (Å²) in [5.74, 6) is -0.911. The van der Waals surface area contributed by atoms with Gasteiger partial charge < -0.3 is 9.88 Å². The van der Waals surface area contributed by atoms with Gasteiger partial charge in [0.1, 0.15) is 5.82 Å². The quantitative estimate of drug-likeness (QED) is 0.728. The number of carbonyl (C=O) groups is 1. The van der Waals surface area contributed by atoms with Crippen molar-refractivity contribution in [1.29, 1.82) is 0 Å². The molecule has 0 aliphatic heterocycles. The summed E-state index contributed by atoms with van der Waals surface area (Å²) in [6.45, 7) is 0.448. The van der Waals surface area contributed by atoms with Crippen molar-refractivity contribution in [1.82, 2.24) is 9.88 Å². The number of aromatic amines is 1. The number of rotatable bonds is 4. The van der Waals surface area contributed by atoms with E-state index in [4.69, 9.17) is 11.6 Å². The largest absolute Gasteiger partial charge is 0.361 e. The maximum absolute atomic E-state index is 14.2. The SMILES string of the molecule is O=C(c1c(F)cccc1Cl)N(Cc1cccc2[nH]ccc12)C1CC1. The third kappa shape index (κ3) is 2.67. The first-order valence-electron chi connectivity index (χ1n) is 7.95. The lowest BCUT2D eigenvalue weighted by molar-refractivity contribution is 0.0726. The fourth-order valence-corrected chi connectivity index (χ4v) is 3.31. The molecule has 1 aliphatic rings. The molecule has 24 heavy (non-hydrogen) atoms. The van der Waals surface area contributed by atoms with Gasteiger partial charge >= 0.3 is 0 Å². The lowest BCUT2D eigenvalue weighted by atomic mass is 10.1. The molecule has 3 nitrogen and oxygen atoms in total. The molecule has 0 unspecified atom stereocenters. The zero-order chi connectivity index (χ0) is 16.7. The van der Waals surface area contributed by atoms with Gasteiger partial charge in [-0.15, -0.1) is 0 Å². The summed E-state index contributed by atoms with van der Waals surface area (Å²) in [7, 11) is 0. The van der Waals surface area contributed by atoms with E-state index in [-0.39, 0.29) is 22.5 Å². The van der Waals surface area contributed by atoms with E-state index in [1.165, 1.54) is 12.1 Å². The third-order valence-corrected chi connectivity index (χ3v) is 4.77. The van der Waals surface area contributed by atoms with Crippen LogP contribution in [0.4, 0.5) is 4.39 Å². The van der Waals surface area contributed by atoms with Crippen molar-refractivity contribution >= 4 is 28.4 Å². The summed E-state index contributed by atoms with van der Waals surface area (Å²) >= 11 is 6.08. The molecule has 1 fully saturated rings. The highest BCUT2D eigenvalue weighted by molar-refractivity contribution is 6.33. The Bertz CT molecular complexity index is 896. The molecule has 1 amide bonds. The molecule has 1 saturated carbocycles. The summed E-state index contributed by atoms with van der Waals surface area (Å²) in [5.41, 5.74) is 2.04. The van der Waals surface area contributed by atoms with Gasteiger partial charge in [-0.3, -0.25) is 4.79 Å². The molecule has 1 aliphatic carbocycles. The zero-order valence-corrected chi connectivity index (χ0v) is 13.7. The highest BCUT2D eigenvalue weighted by atomic mass is 35.5. The van der Waals surface area contributed by atoms with Crippen molar-refractivity contribution in [3.05, 3.63) is 70.6 Å². The number of benzene rings is 2. The molecule has 0 radical (unpaired) electrons. The van der Waals surface area contributed by atoms with E-state index < -0.39 is 5.82 Å². The Morgan fingerprint density at radius 1 is 1.21 bits per heavy atom. The molecule has 0 saturated heterocycles. The van der Waals surface area contributed by atoms with Crippen LogP contribution in [0, 0.1) is 5.82 Å². The molecule has 1 N–H and O–H groups in total. The summed E-state index contributed by atoms with van der Waals surface area (Å²) in [4.78, 5) is 17.9. The smallest absolute Gasteiger partial charge is 0.258 e. The Hall–Kier alpha value is -2.33. The Kier molecular flexibility index (Phi) is 3.77. The summed E-state index contributed by atoms with van der Waals surface area (Å²) in [5, 5.41) is 1.24. The molecule has 5 heteroatoms. The van der Waals surface area contributed by atoms with Gasteiger partial charge in [-0.05, 0) is 42.7 Å². The number of nitrogens with zero attached hydrogens (tertiary/aromatic N) is 1. The van der Waals surface area contributed by atoms with E-state index in [2.05, 4.69) is 4.98 Å². The fraction of sp³-hybridized carbons (Fsp3) is 0.211. The van der Waals surface area contributed by atoms with Crippen LogP contribution in [0.2, 0.25) is 5.02 Å². The number of halogens is 2. The minimum absolute atomic E-state index is 0.0349. The van der Waals surface area contributed by atoms with Crippen molar-refractivity contribution in [3.63, 3.8) is 0 Å². The third-order valence-electron chi connectivity index (χ3n) is 4.45. The van der Waals surface area contributed by atoms with E-state index in [1.54, 1.807) is 11.0 Å². The van der Waals surface area contributed by atoms with Crippen LogP contribution in [0.1, 0.15) is 28.8 Å². The van der Waals surface area contributed by atoms with Gasteiger partial charge in [0.2, 0.25) is 0 Å². The van der Waals surface area contributed by atoms with Crippen LogP contribution in [-0.4, -0.2) is 21.8 Å². The van der Waals surface area contributed by atoms with Gasteiger partial charge in [-0.2, -0.15) is 0 Å². The first kappa shape index (κ1) is 15.2. The summed E-state index contributed by atoms with van der Waals surface area (Å²) in [6.07, 6.45) is 3.77. The Balaban J connectivity index is 1.70. The van der Waals surface area contributed by atoms with Crippen molar-refractivity contribution in [2.24, 2.45) is 0 Å². The van der Waals surface area contributed by atoms with Crippen molar-refractivity contribution in [2.45, 2.75) is 25.4 Å². The molecule has 2 aromatic carbocycles. The standard InChI is InChI=1S/C19H16ClFN2O/c20-15-4-2-5-16(21)18(15)19(24)23(13-7-8-13)11-12-3-1-6-17-14(12)9-10-22-17/h1-6,9-10,13,22H,7-8,11H2. The lowest BCUT2D eigenvalue weighted by Gasteiger charge is -2.24. The number of hydrogen-bond donors (Lipinski definition) is 1. The van der Waals surface area contributed by atoms with E-state index >= 15 is 0 Å². The van der Waals surface area contributed by atoms with Gasteiger partial charge in [-0.1, -0.05) is 29.8 Å². The first-order chi connectivity index (χ1) is 11.6. The minimum Gasteiger partial charge on any atom is -0.361 e. The van der Waals surface area contributed by atoms with E-state index in [0.717, 1.165) is 29.3 Å². The van der Waals surface area contributed by atoms with Gasteiger partial charge in [0.15, 0.2) is 0 Å². The number of nitrogens with one attached hydrogen (secondary N) is 1. The van der Waals surface area contributed by atoms with Crippen LogP contribution >= 0.6 is 11.6 Å². The number of amides is 1. The highest BCUT2D eigenvalue weighted by Gasteiger charge is 2.35. The Morgan fingerprint density at radius 3 is 2.75 bits per heavy atom. The van der Waals surface area contributed by atoms with Crippen molar-refractivity contribution in [3.8, 4) is 0 Å². The normalized spacial score (nSPS) is 14.1. The molecule has 0 bridgehead atoms. The molecule has 1 heterocycles. The van der Waals surface area contributed by atoms with Gasteiger partial charge in [0, 0.05) is 29.7 Å². The molecule has 122 valence electrons. The molecule has 1 aromatic heterocycles. The summed E-state index contributed by atoms with van der Waals surface area (Å²) < 4.78 is 14.2. The van der Waals surface area contributed by atoms with Gasteiger partial charge in [-0.25, -0.2) is 4.39 Å². The number of carbonyl (C=O) groups excluding carboxylic acids is 1. The predicted molar refractivity (Wildman–Crippen MR) is 92.6 cm³/mol. The lowest BCUT2D eigenvalue weighted by Crippen LogP contribution is -2.33. The van der Waals surface area contributed by atoms with Crippen LogP contribution in [0.25, 0.3) is 10.9 Å². The maximum atomic E-state index is 14.2. The van der Waals surface area contributed by atoms with Crippen LogP contribution < -0.4 is 0 Å². The van der Waals surface area contributed by atoms with Gasteiger partial charge in [0.25, 0.3) is 5.91 Å². The average molecular weight is 343 g/mol. The number of hydrogen-bond acceptors (Lipinski definition) is 1. The first-order valence-corrected chi connectivity index (χ1v) is 8.33. The van der Waals surface area contributed by atoms with Crippen LogP contribution in [0.5, 0.6) is 0 Å². The predicted octanol–water partition coefficient (Wildman–Crippen LogP) is 4.77. The number of aromatic nitrogens is 1. The highest BCUT2D eigenvalue weighted by Crippen LogP contribution is 2.33. The van der Waals surface area contributed by atoms with Crippen LogP contribution in [0.3, 0.4) is 0 Å². The Labute approximate surface area is 144 Å². The van der Waals surface area contributed by atoms with Crippen LogP contribution in [0.15, 0.2) is 48.7 Å². The molecule has 4 rings (SSSR count). The topological polar surface area (TPSA) is 36.1 Å². The molecular weight excluding hydrogens is 327 g/mol. The average Bonchev–Trinajstić information content (AvgIpc) is 3.28. The Morgan fingerprint density at radius 2 is 2.00 bits per heavy atom. The molecule has 0 atom stereocenters. The van der Waals surface area contributed by atoms with E-state index in [1.807, 2.05) is 30.5 Å². The molecule has 0 spiro atoms. The number of H-pyrrole nitrogens is 1. The molecule has 3 aromatic rings. The maximum Gasteiger partial charge on any atom is 0.258 e. The second kappa shape index (κ2) is 5.95. The van der Waals surface area contributed by atoms with Gasteiger partial charge in [0.05, 0.1) is 10.6 Å². The van der Waals surface area contributed by atoms with E-state index in [0.29, 0.717) is 6.54 Å². The summed E-state index contributed by atoms with van der Waals surface area (Å²) in [6, 6.07) is 12.4. The van der Waals surface area contributed by atoms with Crippen molar-refractivity contribution in [2.75, 3.05) is 0 Å². The second-order valence-electron chi connectivity index (χ2n) is 6.12. The van der Waals surface area contributed by atoms with E-state index in [9.17, 15) is 9.18 Å². The van der Waals surface area contributed by atoms with Crippen LogP contribution in [-0.2, 0) is 6.54 Å².